The Balaban J connectivity index is 1.86. The number of halogens is 2. The predicted molar refractivity (Wildman–Crippen MR) is 100 cm³/mol. The third-order valence-corrected chi connectivity index (χ3v) is 5.37. The molecule has 0 atom stereocenters. The van der Waals surface area contributed by atoms with Crippen molar-refractivity contribution in [2.45, 2.75) is 24.8 Å². The average molecular weight is 412 g/mol. The van der Waals surface area contributed by atoms with E-state index in [1.165, 1.54) is 4.90 Å². The lowest BCUT2D eigenvalue weighted by molar-refractivity contribution is -0.130. The zero-order chi connectivity index (χ0) is 20.7. The molecular formula is C19H22F2N2O4S. The highest BCUT2D eigenvalue weighted by Crippen LogP contribution is 2.15. The summed E-state index contributed by atoms with van der Waals surface area (Å²) in [4.78, 5) is 13.3. The second kappa shape index (κ2) is 9.61. The van der Waals surface area contributed by atoms with E-state index < -0.39 is 26.6 Å². The lowest BCUT2D eigenvalue weighted by atomic mass is 10.2. The standard InChI is InChI=1S/C19H22F2N2O4S/c1-3-27-15-6-4-14(5-7-15)13-23(2)19(24)10-11-22-28(25,26)16-8-9-17(20)18(21)12-16/h4-9,12,22H,3,10-11,13H2,1-2H3. The molecule has 1 N–H and O–H groups in total. The van der Waals surface area contributed by atoms with E-state index in [2.05, 4.69) is 4.72 Å². The molecule has 0 bridgehead atoms. The third-order valence-electron chi connectivity index (χ3n) is 3.91. The van der Waals surface area contributed by atoms with Crippen LogP contribution in [-0.4, -0.2) is 39.4 Å². The van der Waals surface area contributed by atoms with Crippen LogP contribution in [-0.2, 0) is 21.4 Å². The van der Waals surface area contributed by atoms with Crippen LogP contribution in [0.2, 0.25) is 0 Å². The van der Waals surface area contributed by atoms with E-state index in [1.807, 2.05) is 31.2 Å². The molecule has 0 heterocycles. The van der Waals surface area contributed by atoms with Crippen LogP contribution < -0.4 is 9.46 Å². The van der Waals surface area contributed by atoms with Gasteiger partial charge in [0.2, 0.25) is 15.9 Å². The van der Waals surface area contributed by atoms with E-state index in [-0.39, 0.29) is 18.9 Å². The average Bonchev–Trinajstić information content (AvgIpc) is 2.65. The quantitative estimate of drug-likeness (QED) is 0.687. The van der Waals surface area contributed by atoms with Gasteiger partial charge in [-0.05, 0) is 42.8 Å². The monoisotopic (exact) mass is 412 g/mol. The maximum atomic E-state index is 13.2. The summed E-state index contributed by atoms with van der Waals surface area (Å²) in [6.07, 6.45) is -0.0730. The van der Waals surface area contributed by atoms with Crippen molar-refractivity contribution in [3.63, 3.8) is 0 Å². The Labute approximate surface area is 163 Å². The molecule has 0 fully saturated rings. The van der Waals surface area contributed by atoms with E-state index in [9.17, 15) is 22.0 Å². The van der Waals surface area contributed by atoms with Gasteiger partial charge in [-0.1, -0.05) is 12.1 Å². The summed E-state index contributed by atoms with van der Waals surface area (Å²) in [7, 11) is -2.42. The third kappa shape index (κ3) is 6.00. The van der Waals surface area contributed by atoms with E-state index in [4.69, 9.17) is 4.74 Å². The lowest BCUT2D eigenvalue weighted by Gasteiger charge is -2.18. The molecule has 0 spiro atoms. The van der Waals surface area contributed by atoms with Gasteiger partial charge in [0.1, 0.15) is 5.75 Å². The summed E-state index contributed by atoms with van der Waals surface area (Å²) in [5, 5.41) is 0. The van der Waals surface area contributed by atoms with Crippen LogP contribution in [0.1, 0.15) is 18.9 Å². The molecule has 2 aromatic carbocycles. The molecule has 2 rings (SSSR count). The van der Waals surface area contributed by atoms with Gasteiger partial charge in [0.25, 0.3) is 0 Å². The van der Waals surface area contributed by atoms with Gasteiger partial charge in [-0.3, -0.25) is 4.79 Å². The van der Waals surface area contributed by atoms with Crippen LogP contribution in [0.25, 0.3) is 0 Å². The normalized spacial score (nSPS) is 11.3. The molecule has 9 heteroatoms. The molecule has 0 saturated carbocycles. The van der Waals surface area contributed by atoms with Crippen molar-refractivity contribution >= 4 is 15.9 Å². The van der Waals surface area contributed by atoms with Crippen molar-refractivity contribution in [3.8, 4) is 5.75 Å². The fraction of sp³-hybridized carbons (Fsp3) is 0.316. The molecule has 0 unspecified atom stereocenters. The van der Waals surface area contributed by atoms with Gasteiger partial charge >= 0.3 is 0 Å². The fourth-order valence-electron chi connectivity index (χ4n) is 2.43. The van der Waals surface area contributed by atoms with Crippen molar-refractivity contribution in [2.75, 3.05) is 20.2 Å². The molecule has 2 aromatic rings. The smallest absolute Gasteiger partial charge is 0.240 e. The molecule has 0 aliphatic heterocycles. The Bertz CT molecular complexity index is 918. The number of hydrogen-bond donors (Lipinski definition) is 1. The van der Waals surface area contributed by atoms with Crippen molar-refractivity contribution in [1.29, 1.82) is 0 Å². The summed E-state index contributed by atoms with van der Waals surface area (Å²) < 4.78 is 57.9. The van der Waals surface area contributed by atoms with Gasteiger partial charge in [0, 0.05) is 26.6 Å². The van der Waals surface area contributed by atoms with E-state index in [0.29, 0.717) is 19.2 Å². The van der Waals surface area contributed by atoms with Crippen LogP contribution in [0, 0.1) is 11.6 Å². The summed E-state index contributed by atoms with van der Waals surface area (Å²) in [5.41, 5.74) is 0.904. The molecule has 28 heavy (non-hydrogen) atoms. The summed E-state index contributed by atoms with van der Waals surface area (Å²) >= 11 is 0. The Hall–Kier alpha value is -2.52. The van der Waals surface area contributed by atoms with Gasteiger partial charge in [0.15, 0.2) is 11.6 Å². The van der Waals surface area contributed by atoms with E-state index in [0.717, 1.165) is 23.4 Å². The van der Waals surface area contributed by atoms with Crippen molar-refractivity contribution < 1.29 is 26.7 Å². The Kier molecular flexibility index (Phi) is 7.47. The number of hydrogen-bond acceptors (Lipinski definition) is 4. The number of nitrogens with zero attached hydrogens (tertiary/aromatic N) is 1. The number of benzene rings is 2. The number of ether oxygens (including phenoxy) is 1. The maximum Gasteiger partial charge on any atom is 0.240 e. The van der Waals surface area contributed by atoms with Crippen LogP contribution in [0.15, 0.2) is 47.4 Å². The lowest BCUT2D eigenvalue weighted by Crippen LogP contribution is -2.32. The zero-order valence-electron chi connectivity index (χ0n) is 15.6. The highest BCUT2D eigenvalue weighted by Gasteiger charge is 2.17. The first-order valence-corrected chi connectivity index (χ1v) is 10.1. The van der Waals surface area contributed by atoms with Gasteiger partial charge < -0.3 is 9.64 Å². The van der Waals surface area contributed by atoms with Crippen LogP contribution in [0.3, 0.4) is 0 Å². The molecule has 0 aliphatic carbocycles. The van der Waals surface area contributed by atoms with Crippen LogP contribution in [0.4, 0.5) is 8.78 Å². The largest absolute Gasteiger partial charge is 0.494 e. The number of carbonyl (C=O) groups is 1. The van der Waals surface area contributed by atoms with Gasteiger partial charge in [-0.15, -0.1) is 0 Å². The predicted octanol–water partition coefficient (Wildman–Crippen LogP) is 2.69. The van der Waals surface area contributed by atoms with Crippen LogP contribution in [0.5, 0.6) is 5.75 Å². The molecule has 6 nitrogen and oxygen atoms in total. The van der Waals surface area contributed by atoms with Crippen LogP contribution >= 0.6 is 0 Å². The summed E-state index contributed by atoms with van der Waals surface area (Å²) in [6.45, 7) is 2.66. The first-order valence-electron chi connectivity index (χ1n) is 8.63. The second-order valence-corrected chi connectivity index (χ2v) is 7.82. The summed E-state index contributed by atoms with van der Waals surface area (Å²) in [5.74, 6) is -1.91. The number of nitrogens with one attached hydrogen (secondary N) is 1. The second-order valence-electron chi connectivity index (χ2n) is 6.05. The van der Waals surface area contributed by atoms with Crippen molar-refractivity contribution in [2.24, 2.45) is 0 Å². The molecule has 0 aromatic heterocycles. The van der Waals surface area contributed by atoms with E-state index >= 15 is 0 Å². The van der Waals surface area contributed by atoms with Crippen molar-refractivity contribution in [3.05, 3.63) is 59.7 Å². The Morgan fingerprint density at radius 3 is 2.39 bits per heavy atom. The zero-order valence-corrected chi connectivity index (χ0v) is 16.4. The number of sulfonamides is 1. The summed E-state index contributed by atoms with van der Waals surface area (Å²) in [6, 6.07) is 9.61. The van der Waals surface area contributed by atoms with Crippen molar-refractivity contribution in [1.82, 2.24) is 9.62 Å². The molecular weight excluding hydrogens is 390 g/mol. The number of amides is 1. The van der Waals surface area contributed by atoms with Gasteiger partial charge in [-0.2, -0.15) is 0 Å². The first kappa shape index (κ1) is 21.8. The Morgan fingerprint density at radius 2 is 1.79 bits per heavy atom. The maximum absolute atomic E-state index is 13.2. The molecule has 0 radical (unpaired) electrons. The van der Waals surface area contributed by atoms with Gasteiger partial charge in [-0.25, -0.2) is 21.9 Å². The minimum Gasteiger partial charge on any atom is -0.494 e. The molecule has 0 saturated heterocycles. The first-order chi connectivity index (χ1) is 13.2. The topological polar surface area (TPSA) is 75.7 Å². The molecule has 152 valence electrons. The van der Waals surface area contributed by atoms with E-state index in [1.54, 1.807) is 7.05 Å². The number of carbonyl (C=O) groups excluding carboxylic acids is 1. The highest BCUT2D eigenvalue weighted by molar-refractivity contribution is 7.89. The van der Waals surface area contributed by atoms with Gasteiger partial charge in [0.05, 0.1) is 11.5 Å². The molecule has 0 aliphatic rings. The SMILES string of the molecule is CCOc1ccc(CN(C)C(=O)CCNS(=O)(=O)c2ccc(F)c(F)c2)cc1. The molecule has 1 amide bonds. The fourth-order valence-corrected chi connectivity index (χ4v) is 3.47. The highest BCUT2D eigenvalue weighted by atomic mass is 32.2. The minimum atomic E-state index is -4.03. The Morgan fingerprint density at radius 1 is 1.11 bits per heavy atom. The number of rotatable bonds is 9. The minimum absolute atomic E-state index is 0.0730.